The first kappa shape index (κ1) is 14.8. The van der Waals surface area contributed by atoms with Crippen molar-refractivity contribution in [3.63, 3.8) is 0 Å². The van der Waals surface area contributed by atoms with Crippen molar-refractivity contribution in [2.45, 2.75) is 13.8 Å². The predicted octanol–water partition coefficient (Wildman–Crippen LogP) is 1.45. The average molecular weight is 292 g/mol. The molecule has 0 fully saturated rings. The maximum absolute atomic E-state index is 11.9. The molecule has 2 aromatic heterocycles. The maximum Gasteiger partial charge on any atom is 0.359 e. The number of pyridine rings is 1. The zero-order chi connectivity index (χ0) is 15.2. The van der Waals surface area contributed by atoms with E-state index in [0.29, 0.717) is 5.52 Å². The molecule has 0 aliphatic rings. The summed E-state index contributed by atoms with van der Waals surface area (Å²) in [4.78, 5) is 27.3. The summed E-state index contributed by atoms with van der Waals surface area (Å²) in [5, 5.41) is 0. The second kappa shape index (κ2) is 6.74. The fourth-order valence-corrected chi connectivity index (χ4v) is 1.79. The molecule has 0 radical (unpaired) electrons. The summed E-state index contributed by atoms with van der Waals surface area (Å²) in [7, 11) is 0. The van der Waals surface area contributed by atoms with Gasteiger partial charge in [0.2, 0.25) is 0 Å². The third-order valence-electron chi connectivity index (χ3n) is 2.61. The van der Waals surface area contributed by atoms with E-state index in [1.165, 1.54) is 0 Å². The van der Waals surface area contributed by atoms with Crippen molar-refractivity contribution in [2.24, 2.45) is 0 Å². The SMILES string of the molecule is CCOC(=O)COc1nc(C(=O)OCC)c2ccccn12. The van der Waals surface area contributed by atoms with Crippen LogP contribution < -0.4 is 4.74 Å². The van der Waals surface area contributed by atoms with Crippen molar-refractivity contribution in [1.29, 1.82) is 0 Å². The van der Waals surface area contributed by atoms with Gasteiger partial charge in [0, 0.05) is 6.20 Å². The standard InChI is InChI=1S/C14H16N2O5/c1-3-19-11(17)9-21-14-15-12(13(18)20-4-2)10-7-5-6-8-16(10)14/h5-8H,3-4,9H2,1-2H3. The highest BCUT2D eigenvalue weighted by molar-refractivity contribution is 5.95. The summed E-state index contributed by atoms with van der Waals surface area (Å²) in [5.74, 6) is -1.03. The van der Waals surface area contributed by atoms with Gasteiger partial charge in [-0.1, -0.05) is 6.07 Å². The summed E-state index contributed by atoms with van der Waals surface area (Å²) in [6.45, 7) is 3.68. The molecule has 0 amide bonds. The molecule has 0 atom stereocenters. The summed E-state index contributed by atoms with van der Waals surface area (Å²) in [6, 6.07) is 5.40. The molecule has 0 saturated heterocycles. The lowest BCUT2D eigenvalue weighted by molar-refractivity contribution is -0.145. The van der Waals surface area contributed by atoms with Crippen LogP contribution in [0.1, 0.15) is 24.3 Å². The number of ether oxygens (including phenoxy) is 3. The van der Waals surface area contributed by atoms with Gasteiger partial charge in [-0.2, -0.15) is 4.98 Å². The molecule has 112 valence electrons. The minimum Gasteiger partial charge on any atom is -0.463 e. The Morgan fingerprint density at radius 1 is 1.19 bits per heavy atom. The zero-order valence-corrected chi connectivity index (χ0v) is 11.9. The van der Waals surface area contributed by atoms with Crippen LogP contribution in [0.15, 0.2) is 24.4 Å². The molecule has 2 aromatic rings. The van der Waals surface area contributed by atoms with Crippen LogP contribution in [0.4, 0.5) is 0 Å². The van der Waals surface area contributed by atoms with E-state index in [4.69, 9.17) is 14.2 Å². The van der Waals surface area contributed by atoms with E-state index in [1.54, 1.807) is 42.6 Å². The van der Waals surface area contributed by atoms with Crippen molar-refractivity contribution < 1.29 is 23.8 Å². The second-order valence-electron chi connectivity index (χ2n) is 4.01. The molecule has 21 heavy (non-hydrogen) atoms. The molecule has 0 unspecified atom stereocenters. The Morgan fingerprint density at radius 2 is 1.95 bits per heavy atom. The Labute approximate surface area is 121 Å². The highest BCUT2D eigenvalue weighted by Gasteiger charge is 2.19. The number of carbonyl (C=O) groups is 2. The van der Waals surface area contributed by atoms with Crippen LogP contribution in [0.3, 0.4) is 0 Å². The molecule has 0 spiro atoms. The van der Waals surface area contributed by atoms with E-state index < -0.39 is 11.9 Å². The predicted molar refractivity (Wildman–Crippen MR) is 73.3 cm³/mol. The second-order valence-corrected chi connectivity index (χ2v) is 4.01. The van der Waals surface area contributed by atoms with Crippen LogP contribution >= 0.6 is 0 Å². The Hall–Kier alpha value is -2.57. The van der Waals surface area contributed by atoms with Crippen LogP contribution in [0.2, 0.25) is 0 Å². The van der Waals surface area contributed by atoms with Crippen LogP contribution in [0.25, 0.3) is 5.52 Å². The van der Waals surface area contributed by atoms with E-state index in [1.807, 2.05) is 0 Å². The number of esters is 2. The highest BCUT2D eigenvalue weighted by atomic mass is 16.6. The van der Waals surface area contributed by atoms with Gasteiger partial charge in [0.15, 0.2) is 12.3 Å². The Morgan fingerprint density at radius 3 is 2.67 bits per heavy atom. The topological polar surface area (TPSA) is 79.1 Å². The first-order valence-electron chi connectivity index (χ1n) is 6.60. The number of rotatable bonds is 6. The van der Waals surface area contributed by atoms with Gasteiger partial charge in [-0.25, -0.2) is 9.59 Å². The number of hydrogen-bond donors (Lipinski definition) is 0. The fourth-order valence-electron chi connectivity index (χ4n) is 1.79. The van der Waals surface area contributed by atoms with Gasteiger partial charge in [0.25, 0.3) is 0 Å². The van der Waals surface area contributed by atoms with Gasteiger partial charge in [0.1, 0.15) is 0 Å². The van der Waals surface area contributed by atoms with Crippen molar-refractivity contribution >= 4 is 17.5 Å². The Bertz CT molecular complexity index is 650. The van der Waals surface area contributed by atoms with Crippen molar-refractivity contribution in [3.05, 3.63) is 30.1 Å². The van der Waals surface area contributed by atoms with Gasteiger partial charge in [0.05, 0.1) is 18.7 Å². The molecular weight excluding hydrogens is 276 g/mol. The van der Waals surface area contributed by atoms with Crippen LogP contribution in [0.5, 0.6) is 6.01 Å². The molecule has 0 aliphatic carbocycles. The maximum atomic E-state index is 11.9. The summed E-state index contributed by atoms with van der Waals surface area (Å²) >= 11 is 0. The number of imidazole rings is 1. The van der Waals surface area contributed by atoms with E-state index >= 15 is 0 Å². The minimum absolute atomic E-state index is 0.140. The molecule has 7 heteroatoms. The van der Waals surface area contributed by atoms with E-state index in [-0.39, 0.29) is 31.5 Å². The molecular formula is C14H16N2O5. The molecule has 0 aliphatic heterocycles. The summed E-state index contributed by atoms with van der Waals surface area (Å²) < 4.78 is 16.6. The van der Waals surface area contributed by atoms with Gasteiger partial charge < -0.3 is 14.2 Å². The fraction of sp³-hybridized carbons (Fsp3) is 0.357. The zero-order valence-electron chi connectivity index (χ0n) is 11.9. The quantitative estimate of drug-likeness (QED) is 0.750. The van der Waals surface area contributed by atoms with Gasteiger partial charge in [-0.3, -0.25) is 4.40 Å². The average Bonchev–Trinajstić information content (AvgIpc) is 2.85. The van der Waals surface area contributed by atoms with Crippen molar-refractivity contribution in [1.82, 2.24) is 9.38 Å². The molecule has 7 nitrogen and oxygen atoms in total. The highest BCUT2D eigenvalue weighted by Crippen LogP contribution is 2.19. The number of nitrogens with zero attached hydrogens (tertiary/aromatic N) is 2. The van der Waals surface area contributed by atoms with Gasteiger partial charge >= 0.3 is 17.9 Å². The van der Waals surface area contributed by atoms with E-state index in [2.05, 4.69) is 4.98 Å². The third kappa shape index (κ3) is 3.31. The van der Waals surface area contributed by atoms with E-state index in [0.717, 1.165) is 0 Å². The Kier molecular flexibility index (Phi) is 4.76. The monoisotopic (exact) mass is 292 g/mol. The largest absolute Gasteiger partial charge is 0.463 e. The van der Waals surface area contributed by atoms with Gasteiger partial charge in [-0.05, 0) is 26.0 Å². The first-order chi connectivity index (χ1) is 10.2. The van der Waals surface area contributed by atoms with Crippen molar-refractivity contribution in [2.75, 3.05) is 19.8 Å². The molecule has 0 N–H and O–H groups in total. The summed E-state index contributed by atoms with van der Waals surface area (Å²) in [5.41, 5.74) is 0.700. The third-order valence-corrected chi connectivity index (χ3v) is 2.61. The molecule has 0 bridgehead atoms. The Balaban J connectivity index is 2.27. The summed E-state index contributed by atoms with van der Waals surface area (Å²) in [6.07, 6.45) is 1.69. The molecule has 2 rings (SSSR count). The number of fused-ring (bicyclic) bond motifs is 1. The van der Waals surface area contributed by atoms with Crippen molar-refractivity contribution in [3.8, 4) is 6.01 Å². The number of hydrogen-bond acceptors (Lipinski definition) is 6. The number of carbonyl (C=O) groups excluding carboxylic acids is 2. The lowest BCUT2D eigenvalue weighted by Crippen LogP contribution is -2.15. The molecule has 0 saturated carbocycles. The normalized spacial score (nSPS) is 10.4. The van der Waals surface area contributed by atoms with Crippen LogP contribution in [0, 0.1) is 0 Å². The lowest BCUT2D eigenvalue weighted by Gasteiger charge is -2.03. The van der Waals surface area contributed by atoms with Gasteiger partial charge in [-0.15, -0.1) is 0 Å². The first-order valence-corrected chi connectivity index (χ1v) is 6.60. The molecule has 0 aromatic carbocycles. The number of aromatic nitrogens is 2. The molecule has 2 heterocycles. The minimum atomic E-state index is -0.535. The lowest BCUT2D eigenvalue weighted by atomic mass is 10.3. The smallest absolute Gasteiger partial charge is 0.359 e. The van der Waals surface area contributed by atoms with Crippen LogP contribution in [-0.2, 0) is 14.3 Å². The van der Waals surface area contributed by atoms with E-state index in [9.17, 15) is 9.59 Å². The van der Waals surface area contributed by atoms with Crippen LogP contribution in [-0.4, -0.2) is 41.1 Å².